The summed E-state index contributed by atoms with van der Waals surface area (Å²) in [4.78, 5) is 4.81. The van der Waals surface area contributed by atoms with E-state index in [0.717, 1.165) is 59.5 Å². The van der Waals surface area contributed by atoms with Gasteiger partial charge in [0.1, 0.15) is 0 Å². The number of allylic oxidation sites excluding steroid dienone is 2. The Hall–Kier alpha value is -3.53. The lowest BCUT2D eigenvalue weighted by Gasteiger charge is -2.19. The molecule has 2 aromatic carbocycles. The molecule has 32 heavy (non-hydrogen) atoms. The SMILES string of the molecule is CCCc1cc(Nc2ccc(NCCC3=CNC4C=CC=CC34)cc2)c2ccccc2n1. The Bertz CT molecular complexity index is 1170. The minimum atomic E-state index is 0.433. The molecule has 2 atom stereocenters. The van der Waals surface area contributed by atoms with E-state index in [1.807, 2.05) is 6.07 Å². The van der Waals surface area contributed by atoms with Crippen molar-refractivity contribution < 1.29 is 0 Å². The van der Waals surface area contributed by atoms with Gasteiger partial charge in [0.15, 0.2) is 0 Å². The van der Waals surface area contributed by atoms with E-state index < -0.39 is 0 Å². The van der Waals surface area contributed by atoms with E-state index >= 15 is 0 Å². The summed E-state index contributed by atoms with van der Waals surface area (Å²) in [5, 5.41) is 11.8. The second kappa shape index (κ2) is 9.31. The summed E-state index contributed by atoms with van der Waals surface area (Å²) in [7, 11) is 0. The predicted octanol–water partition coefficient (Wildman–Crippen LogP) is 6.33. The molecule has 0 bridgehead atoms. The number of para-hydroxylation sites is 1. The average Bonchev–Trinajstić information content (AvgIpc) is 3.24. The summed E-state index contributed by atoms with van der Waals surface area (Å²) in [5.74, 6) is 0.501. The van der Waals surface area contributed by atoms with Crippen LogP contribution in [0.2, 0.25) is 0 Å². The van der Waals surface area contributed by atoms with Gasteiger partial charge in [0.25, 0.3) is 0 Å². The third-order valence-corrected chi connectivity index (χ3v) is 6.21. The number of hydrogen-bond donors (Lipinski definition) is 3. The number of nitrogens with one attached hydrogen (secondary N) is 3. The van der Waals surface area contributed by atoms with Crippen molar-refractivity contribution in [2.45, 2.75) is 32.2 Å². The Labute approximate surface area is 190 Å². The quantitative estimate of drug-likeness (QED) is 0.397. The fourth-order valence-electron chi connectivity index (χ4n) is 4.55. The van der Waals surface area contributed by atoms with Crippen molar-refractivity contribution in [3.05, 3.63) is 96.4 Å². The fourth-order valence-corrected chi connectivity index (χ4v) is 4.55. The van der Waals surface area contributed by atoms with E-state index in [0.29, 0.717) is 12.0 Å². The van der Waals surface area contributed by atoms with Gasteiger partial charge in [-0.1, -0.05) is 55.8 Å². The van der Waals surface area contributed by atoms with Crippen LogP contribution in [0.15, 0.2) is 90.7 Å². The van der Waals surface area contributed by atoms with E-state index in [4.69, 9.17) is 4.98 Å². The van der Waals surface area contributed by atoms with Crippen LogP contribution in [0.5, 0.6) is 0 Å². The van der Waals surface area contributed by atoms with Crippen LogP contribution in [0, 0.1) is 5.92 Å². The van der Waals surface area contributed by atoms with E-state index in [2.05, 4.69) is 102 Å². The molecule has 2 unspecified atom stereocenters. The van der Waals surface area contributed by atoms with Crippen molar-refractivity contribution in [2.24, 2.45) is 5.92 Å². The van der Waals surface area contributed by atoms with Crippen LogP contribution in [0.25, 0.3) is 10.9 Å². The first-order chi connectivity index (χ1) is 15.8. The van der Waals surface area contributed by atoms with Crippen LogP contribution in [0.4, 0.5) is 17.1 Å². The number of aromatic nitrogens is 1. The van der Waals surface area contributed by atoms with Gasteiger partial charge in [0, 0.05) is 40.6 Å². The molecule has 1 aliphatic carbocycles. The maximum Gasteiger partial charge on any atom is 0.0726 e. The predicted molar refractivity (Wildman–Crippen MR) is 135 cm³/mol. The molecule has 162 valence electrons. The molecule has 0 spiro atoms. The Kier molecular flexibility index (Phi) is 5.93. The Morgan fingerprint density at radius 2 is 1.75 bits per heavy atom. The van der Waals surface area contributed by atoms with E-state index in [9.17, 15) is 0 Å². The molecule has 4 heteroatoms. The summed E-state index contributed by atoms with van der Waals surface area (Å²) in [6.07, 6.45) is 14.1. The van der Waals surface area contributed by atoms with Gasteiger partial charge < -0.3 is 16.0 Å². The average molecular weight is 423 g/mol. The number of pyridine rings is 1. The Morgan fingerprint density at radius 1 is 0.938 bits per heavy atom. The maximum absolute atomic E-state index is 4.81. The molecular formula is C28H30N4. The van der Waals surface area contributed by atoms with E-state index in [1.54, 1.807) is 0 Å². The fraction of sp³-hybridized carbons (Fsp3) is 0.250. The molecule has 0 saturated heterocycles. The zero-order chi connectivity index (χ0) is 21.8. The van der Waals surface area contributed by atoms with Gasteiger partial charge in [-0.2, -0.15) is 0 Å². The van der Waals surface area contributed by atoms with Crippen molar-refractivity contribution in [3.8, 4) is 0 Å². The van der Waals surface area contributed by atoms with Crippen molar-refractivity contribution in [2.75, 3.05) is 17.2 Å². The van der Waals surface area contributed by atoms with Crippen molar-refractivity contribution in [1.82, 2.24) is 10.3 Å². The van der Waals surface area contributed by atoms with Crippen molar-refractivity contribution in [1.29, 1.82) is 0 Å². The van der Waals surface area contributed by atoms with Gasteiger partial charge in [-0.25, -0.2) is 0 Å². The number of anilines is 3. The number of nitrogens with zero attached hydrogens (tertiary/aromatic N) is 1. The van der Waals surface area contributed by atoms with E-state index in [1.165, 1.54) is 5.57 Å². The minimum absolute atomic E-state index is 0.433. The molecule has 3 aromatic rings. The summed E-state index contributed by atoms with van der Waals surface area (Å²) >= 11 is 0. The van der Waals surface area contributed by atoms with E-state index in [-0.39, 0.29) is 0 Å². The van der Waals surface area contributed by atoms with Gasteiger partial charge >= 0.3 is 0 Å². The van der Waals surface area contributed by atoms with Crippen LogP contribution in [-0.2, 0) is 6.42 Å². The second-order valence-electron chi connectivity index (χ2n) is 8.51. The van der Waals surface area contributed by atoms with Crippen LogP contribution in [-0.4, -0.2) is 17.6 Å². The molecule has 5 rings (SSSR count). The molecule has 0 radical (unpaired) electrons. The smallest absolute Gasteiger partial charge is 0.0726 e. The highest BCUT2D eigenvalue weighted by molar-refractivity contribution is 5.93. The third-order valence-electron chi connectivity index (χ3n) is 6.21. The highest BCUT2D eigenvalue weighted by Gasteiger charge is 2.26. The largest absolute Gasteiger partial charge is 0.385 e. The number of benzene rings is 2. The maximum atomic E-state index is 4.81. The van der Waals surface area contributed by atoms with Gasteiger partial charge in [0.2, 0.25) is 0 Å². The molecule has 2 heterocycles. The Morgan fingerprint density at radius 3 is 2.62 bits per heavy atom. The van der Waals surface area contributed by atoms with Gasteiger partial charge in [-0.3, -0.25) is 4.98 Å². The number of aryl methyl sites for hydroxylation is 1. The first kappa shape index (κ1) is 20.4. The number of rotatable bonds is 8. The lowest BCUT2D eigenvalue weighted by molar-refractivity contribution is 0.620. The standard InChI is InChI=1S/C28H30N4/c1-2-7-23-18-28(25-9-4-6-11-27(25)32-23)31-22-14-12-21(13-15-22)29-17-16-20-19-30-26-10-5-3-8-24(20)26/h3-6,8-15,18-19,24,26,29-30H,2,7,16-17H2,1H3,(H,31,32). The summed E-state index contributed by atoms with van der Waals surface area (Å²) in [6, 6.07) is 19.5. The van der Waals surface area contributed by atoms with Crippen LogP contribution < -0.4 is 16.0 Å². The van der Waals surface area contributed by atoms with Crippen LogP contribution in [0.1, 0.15) is 25.5 Å². The lowest BCUT2D eigenvalue weighted by Crippen LogP contribution is -2.25. The first-order valence-corrected chi connectivity index (χ1v) is 11.6. The monoisotopic (exact) mass is 422 g/mol. The zero-order valence-electron chi connectivity index (χ0n) is 18.5. The van der Waals surface area contributed by atoms with Gasteiger partial charge in [-0.05, 0) is 61.0 Å². The number of hydrogen-bond acceptors (Lipinski definition) is 4. The molecule has 2 aliphatic rings. The molecular weight excluding hydrogens is 392 g/mol. The highest BCUT2D eigenvalue weighted by Crippen LogP contribution is 2.29. The second-order valence-corrected chi connectivity index (χ2v) is 8.51. The van der Waals surface area contributed by atoms with Crippen molar-refractivity contribution >= 4 is 28.0 Å². The van der Waals surface area contributed by atoms with Gasteiger partial charge in [0.05, 0.1) is 11.6 Å². The zero-order valence-corrected chi connectivity index (χ0v) is 18.5. The summed E-state index contributed by atoms with van der Waals surface area (Å²) < 4.78 is 0. The normalized spacial score (nSPS) is 18.8. The van der Waals surface area contributed by atoms with Gasteiger partial charge in [-0.15, -0.1) is 0 Å². The third kappa shape index (κ3) is 4.40. The molecule has 0 fully saturated rings. The summed E-state index contributed by atoms with van der Waals surface area (Å²) in [6.45, 7) is 3.12. The van der Waals surface area contributed by atoms with Crippen molar-refractivity contribution in [3.63, 3.8) is 0 Å². The molecule has 1 aliphatic heterocycles. The van der Waals surface area contributed by atoms with Crippen LogP contribution >= 0.6 is 0 Å². The topological polar surface area (TPSA) is 49.0 Å². The first-order valence-electron chi connectivity index (χ1n) is 11.6. The highest BCUT2D eigenvalue weighted by atomic mass is 14.9. The minimum Gasteiger partial charge on any atom is -0.385 e. The molecule has 4 nitrogen and oxygen atoms in total. The molecule has 3 N–H and O–H groups in total. The summed E-state index contributed by atoms with van der Waals surface area (Å²) in [5.41, 5.74) is 6.98. The molecule has 0 amide bonds. The molecule has 0 saturated carbocycles. The molecule has 1 aromatic heterocycles. The Balaban J connectivity index is 1.22. The van der Waals surface area contributed by atoms with Crippen LogP contribution in [0.3, 0.4) is 0 Å². The lowest BCUT2D eigenvalue weighted by atomic mass is 9.90. The number of fused-ring (bicyclic) bond motifs is 2.